The van der Waals surface area contributed by atoms with E-state index in [0.29, 0.717) is 39.0 Å². The van der Waals surface area contributed by atoms with Crippen molar-refractivity contribution in [1.29, 1.82) is 0 Å². The Morgan fingerprint density at radius 3 is 2.70 bits per heavy atom. The van der Waals surface area contributed by atoms with Gasteiger partial charge >= 0.3 is 5.63 Å². The molecule has 2 N–H and O–H groups in total. The lowest BCUT2D eigenvalue weighted by Crippen LogP contribution is -2.58. The Balaban J connectivity index is 1.75. The normalized spacial score (nSPS) is 16.7. The molecule has 0 saturated carbocycles. The van der Waals surface area contributed by atoms with E-state index < -0.39 is 5.63 Å². The summed E-state index contributed by atoms with van der Waals surface area (Å²) in [4.78, 5) is 24.7. The Morgan fingerprint density at radius 1 is 1.22 bits per heavy atom. The number of carbonyl (C=O) groups is 1. The number of hydrogen-bond acceptors (Lipinski definition) is 5. The third kappa shape index (κ3) is 3.24. The van der Waals surface area contributed by atoms with E-state index in [0.717, 1.165) is 37.1 Å². The van der Waals surface area contributed by atoms with Gasteiger partial charge in [0, 0.05) is 24.5 Å². The fraction of sp³-hybridized carbons (Fsp3) is 0.400. The van der Waals surface area contributed by atoms with E-state index in [-0.39, 0.29) is 5.91 Å². The average molecular weight is 370 g/mol. The molecule has 7 nitrogen and oxygen atoms in total. The summed E-state index contributed by atoms with van der Waals surface area (Å²) >= 11 is 0. The molecule has 27 heavy (non-hydrogen) atoms. The Labute approximate surface area is 156 Å². The van der Waals surface area contributed by atoms with E-state index in [1.54, 1.807) is 6.92 Å². The Morgan fingerprint density at radius 2 is 1.96 bits per heavy atom. The molecule has 4 rings (SSSR count). The van der Waals surface area contributed by atoms with Gasteiger partial charge in [-0.15, -0.1) is 0 Å². The highest BCUT2D eigenvalue weighted by Crippen LogP contribution is 2.36. The molecule has 0 atom stereocenters. The van der Waals surface area contributed by atoms with E-state index in [1.165, 1.54) is 6.07 Å². The zero-order chi connectivity index (χ0) is 19.2. The molecule has 1 saturated heterocycles. The number of piperazine rings is 1. The van der Waals surface area contributed by atoms with Crippen molar-refractivity contribution in [2.45, 2.75) is 13.8 Å². The number of carbonyl (C=O) groups excluding carboxylic acids is 1. The molecular formula is C20H24N3O4+. The zero-order valence-electron chi connectivity index (χ0n) is 15.8. The molecular weight excluding hydrogens is 346 g/mol. The first-order valence-corrected chi connectivity index (χ1v) is 9.17. The van der Waals surface area contributed by atoms with Crippen LogP contribution in [0.2, 0.25) is 0 Å². The van der Waals surface area contributed by atoms with E-state index >= 15 is 0 Å². The lowest BCUT2D eigenvalue weighted by Gasteiger charge is -2.37. The van der Waals surface area contributed by atoms with Gasteiger partial charge in [-0.05, 0) is 31.5 Å². The van der Waals surface area contributed by atoms with Crippen LogP contribution < -0.4 is 16.3 Å². The first-order valence-electron chi connectivity index (χ1n) is 9.17. The number of furan rings is 1. The highest BCUT2D eigenvalue weighted by Gasteiger charge is 2.28. The highest BCUT2D eigenvalue weighted by atomic mass is 16.4. The van der Waals surface area contributed by atoms with Crippen LogP contribution in [-0.2, 0) is 4.79 Å². The van der Waals surface area contributed by atoms with Crippen molar-refractivity contribution < 1.29 is 18.1 Å². The number of rotatable bonds is 3. The van der Waals surface area contributed by atoms with E-state index in [4.69, 9.17) is 8.83 Å². The number of nitrogens with one attached hydrogen (secondary N) is 2. The minimum Gasteiger partial charge on any atom is -0.459 e. The summed E-state index contributed by atoms with van der Waals surface area (Å²) in [5.74, 6) is 0.523. The Kier molecular flexibility index (Phi) is 4.28. The number of fused-ring (bicyclic) bond motifs is 3. The van der Waals surface area contributed by atoms with Gasteiger partial charge in [-0.1, -0.05) is 0 Å². The third-order valence-corrected chi connectivity index (χ3v) is 5.39. The SMILES string of the molecule is Cc1oc2ccc3c(C)cc(=O)oc3c2c1NC(=O)C[N+]1(C)CCNCC1. The average Bonchev–Trinajstić information content (AvgIpc) is 2.90. The molecule has 3 heterocycles. The fourth-order valence-corrected chi connectivity index (χ4v) is 3.85. The van der Waals surface area contributed by atoms with Crippen molar-refractivity contribution in [3.05, 3.63) is 39.9 Å². The second-order valence-electron chi connectivity index (χ2n) is 7.62. The standard InChI is InChI=1S/C20H23N3O4/c1-12-10-17(25)27-20-14(12)4-5-15-18(20)19(13(2)26-15)22-16(24)11-23(3)8-6-21-7-9-23/h4-5,10,21H,6-9,11H2,1-3H3/p+1. The largest absolute Gasteiger partial charge is 0.459 e. The van der Waals surface area contributed by atoms with Crippen LogP contribution >= 0.6 is 0 Å². The molecule has 0 spiro atoms. The van der Waals surface area contributed by atoms with Gasteiger partial charge in [0.1, 0.15) is 11.3 Å². The minimum absolute atomic E-state index is 0.0720. The third-order valence-electron chi connectivity index (χ3n) is 5.39. The van der Waals surface area contributed by atoms with Crippen molar-refractivity contribution in [2.75, 3.05) is 45.1 Å². The summed E-state index contributed by atoms with van der Waals surface area (Å²) in [7, 11) is 2.10. The molecule has 0 bridgehead atoms. The number of aryl methyl sites for hydroxylation is 2. The molecule has 0 aliphatic carbocycles. The molecule has 1 aromatic carbocycles. The smallest absolute Gasteiger partial charge is 0.336 e. The van der Waals surface area contributed by atoms with Gasteiger partial charge in [0.25, 0.3) is 5.91 Å². The first-order chi connectivity index (χ1) is 12.9. The maximum Gasteiger partial charge on any atom is 0.336 e. The summed E-state index contributed by atoms with van der Waals surface area (Å²) in [6.45, 7) is 7.70. The molecule has 1 aliphatic rings. The number of hydrogen-bond donors (Lipinski definition) is 2. The van der Waals surface area contributed by atoms with Crippen LogP contribution in [0.3, 0.4) is 0 Å². The fourth-order valence-electron chi connectivity index (χ4n) is 3.85. The minimum atomic E-state index is -0.414. The second-order valence-corrected chi connectivity index (χ2v) is 7.62. The molecule has 2 aromatic heterocycles. The lowest BCUT2D eigenvalue weighted by atomic mass is 10.1. The predicted octanol–water partition coefficient (Wildman–Crippen LogP) is 2.14. The van der Waals surface area contributed by atoms with E-state index in [9.17, 15) is 9.59 Å². The van der Waals surface area contributed by atoms with Crippen molar-refractivity contribution in [2.24, 2.45) is 0 Å². The van der Waals surface area contributed by atoms with Gasteiger partial charge in [0.05, 0.1) is 31.2 Å². The van der Waals surface area contributed by atoms with E-state index in [2.05, 4.69) is 17.7 Å². The topological polar surface area (TPSA) is 84.5 Å². The zero-order valence-corrected chi connectivity index (χ0v) is 15.8. The van der Waals surface area contributed by atoms with Crippen LogP contribution in [0.1, 0.15) is 11.3 Å². The van der Waals surface area contributed by atoms with E-state index in [1.807, 2.05) is 19.1 Å². The maximum atomic E-state index is 12.8. The van der Waals surface area contributed by atoms with Crippen LogP contribution in [-0.4, -0.2) is 50.2 Å². The lowest BCUT2D eigenvalue weighted by molar-refractivity contribution is -0.903. The number of nitrogens with zero attached hydrogens (tertiary/aromatic N) is 1. The molecule has 1 fully saturated rings. The number of amides is 1. The first kappa shape index (κ1) is 17.8. The van der Waals surface area contributed by atoms with Crippen LogP contribution in [0.15, 0.2) is 31.8 Å². The number of anilines is 1. The maximum absolute atomic E-state index is 12.8. The predicted molar refractivity (Wildman–Crippen MR) is 104 cm³/mol. The Hall–Kier alpha value is -2.64. The highest BCUT2D eigenvalue weighted by molar-refractivity contribution is 6.13. The van der Waals surface area contributed by atoms with Crippen molar-refractivity contribution in [1.82, 2.24) is 5.32 Å². The monoisotopic (exact) mass is 370 g/mol. The molecule has 142 valence electrons. The summed E-state index contributed by atoms with van der Waals surface area (Å²) in [6, 6.07) is 5.18. The van der Waals surface area contributed by atoms with Crippen LogP contribution in [0.5, 0.6) is 0 Å². The van der Waals surface area contributed by atoms with Gasteiger partial charge in [-0.2, -0.15) is 0 Å². The van der Waals surface area contributed by atoms with Crippen molar-refractivity contribution in [3.8, 4) is 0 Å². The summed E-state index contributed by atoms with van der Waals surface area (Å²) in [6.07, 6.45) is 0. The number of likely N-dealkylation sites (N-methyl/N-ethyl adjacent to an activating group) is 1. The summed E-state index contributed by atoms with van der Waals surface area (Å²) in [5, 5.41) is 7.80. The quantitative estimate of drug-likeness (QED) is 0.545. The number of quaternary nitrogens is 1. The van der Waals surface area contributed by atoms with Gasteiger partial charge < -0.3 is 24.0 Å². The van der Waals surface area contributed by atoms with Gasteiger partial charge in [0.2, 0.25) is 0 Å². The Bertz CT molecular complexity index is 1090. The van der Waals surface area contributed by atoms with Crippen molar-refractivity contribution in [3.63, 3.8) is 0 Å². The second kappa shape index (κ2) is 6.51. The summed E-state index contributed by atoms with van der Waals surface area (Å²) < 4.78 is 12.0. The molecule has 3 aromatic rings. The van der Waals surface area contributed by atoms with Crippen molar-refractivity contribution >= 4 is 33.5 Å². The van der Waals surface area contributed by atoms with Crippen LogP contribution in [0.4, 0.5) is 5.69 Å². The van der Waals surface area contributed by atoms with Gasteiger partial charge in [-0.25, -0.2) is 4.79 Å². The van der Waals surface area contributed by atoms with Crippen LogP contribution in [0.25, 0.3) is 21.9 Å². The van der Waals surface area contributed by atoms with Gasteiger partial charge in [-0.3, -0.25) is 4.79 Å². The van der Waals surface area contributed by atoms with Gasteiger partial charge in [0.15, 0.2) is 12.1 Å². The molecule has 7 heteroatoms. The molecule has 1 aliphatic heterocycles. The summed E-state index contributed by atoms with van der Waals surface area (Å²) in [5.41, 5.74) is 2.04. The molecule has 0 radical (unpaired) electrons. The molecule has 0 unspecified atom stereocenters. The van der Waals surface area contributed by atoms with Crippen LogP contribution in [0, 0.1) is 13.8 Å². The molecule has 1 amide bonds. The number of benzene rings is 1.